The van der Waals surface area contributed by atoms with Gasteiger partial charge in [0, 0.05) is 18.5 Å². The Labute approximate surface area is 112 Å². The fraction of sp³-hybridized carbons (Fsp3) is 0.933. The summed E-state index contributed by atoms with van der Waals surface area (Å²) in [5, 5.41) is 3.18. The maximum Gasteiger partial charge on any atom is 0.221 e. The predicted octanol–water partition coefficient (Wildman–Crippen LogP) is 2.69. The molecule has 4 atom stereocenters. The number of hydrogen-bond donors (Lipinski definition) is 2. The molecule has 0 aromatic rings. The molecule has 0 aliphatic heterocycles. The van der Waals surface area contributed by atoms with Crippen LogP contribution in [-0.2, 0) is 4.79 Å². The van der Waals surface area contributed by atoms with Gasteiger partial charge in [-0.05, 0) is 23.7 Å². The van der Waals surface area contributed by atoms with E-state index in [0.29, 0.717) is 24.3 Å². The van der Waals surface area contributed by atoms with E-state index in [0.717, 1.165) is 6.42 Å². The van der Waals surface area contributed by atoms with Crippen molar-refractivity contribution in [3.8, 4) is 0 Å². The molecular weight excluding hydrogens is 224 g/mol. The molecule has 0 saturated heterocycles. The third-order valence-corrected chi connectivity index (χ3v) is 4.57. The van der Waals surface area contributed by atoms with Crippen LogP contribution >= 0.6 is 0 Å². The summed E-state index contributed by atoms with van der Waals surface area (Å²) in [6.07, 6.45) is 4.06. The Morgan fingerprint density at radius 2 is 1.94 bits per heavy atom. The van der Waals surface area contributed by atoms with E-state index < -0.39 is 0 Å². The van der Waals surface area contributed by atoms with Gasteiger partial charge in [0.05, 0.1) is 0 Å². The van der Waals surface area contributed by atoms with Crippen LogP contribution in [0.1, 0.15) is 60.3 Å². The monoisotopic (exact) mass is 254 g/mol. The Morgan fingerprint density at radius 3 is 2.50 bits per heavy atom. The van der Waals surface area contributed by atoms with Gasteiger partial charge >= 0.3 is 0 Å². The lowest BCUT2D eigenvalue weighted by Gasteiger charge is -2.35. The number of hydrogen-bond acceptors (Lipinski definition) is 2. The summed E-state index contributed by atoms with van der Waals surface area (Å²) in [4.78, 5) is 12.0. The lowest BCUT2D eigenvalue weighted by Crippen LogP contribution is -2.47. The molecule has 0 heterocycles. The molecule has 1 aliphatic carbocycles. The quantitative estimate of drug-likeness (QED) is 0.813. The predicted molar refractivity (Wildman–Crippen MR) is 76.2 cm³/mol. The third kappa shape index (κ3) is 4.27. The number of amides is 1. The summed E-state index contributed by atoms with van der Waals surface area (Å²) in [5.41, 5.74) is 6.05. The highest BCUT2D eigenvalue weighted by molar-refractivity contribution is 5.77. The second kappa shape index (κ2) is 6.05. The van der Waals surface area contributed by atoms with Crippen LogP contribution in [0.3, 0.4) is 0 Å². The van der Waals surface area contributed by atoms with Crippen LogP contribution in [0.2, 0.25) is 0 Å². The van der Waals surface area contributed by atoms with Gasteiger partial charge < -0.3 is 11.1 Å². The smallest absolute Gasteiger partial charge is 0.221 e. The van der Waals surface area contributed by atoms with Crippen LogP contribution in [0.5, 0.6) is 0 Å². The highest BCUT2D eigenvalue weighted by Gasteiger charge is 2.29. The fourth-order valence-electron chi connectivity index (χ4n) is 2.56. The number of carbonyl (C=O) groups excluding carboxylic acids is 1. The molecule has 3 heteroatoms. The first-order chi connectivity index (χ1) is 8.21. The molecule has 1 rings (SSSR count). The number of carbonyl (C=O) groups is 1. The van der Waals surface area contributed by atoms with Crippen molar-refractivity contribution < 1.29 is 4.79 Å². The minimum atomic E-state index is -0.0752. The van der Waals surface area contributed by atoms with Crippen LogP contribution in [0, 0.1) is 17.3 Å². The van der Waals surface area contributed by atoms with Crippen molar-refractivity contribution in [3.05, 3.63) is 0 Å². The maximum atomic E-state index is 12.0. The molecule has 0 bridgehead atoms. The minimum Gasteiger partial charge on any atom is -0.353 e. The van der Waals surface area contributed by atoms with Gasteiger partial charge in [0.25, 0.3) is 0 Å². The first-order valence-corrected chi connectivity index (χ1v) is 7.26. The summed E-state index contributed by atoms with van der Waals surface area (Å²) in [6.45, 7) is 10.8. The van der Waals surface area contributed by atoms with E-state index in [1.165, 1.54) is 12.8 Å². The zero-order chi connectivity index (χ0) is 13.9. The average Bonchev–Trinajstić information content (AvgIpc) is 2.23. The average molecular weight is 254 g/mol. The molecule has 1 saturated carbocycles. The standard InChI is InChI=1S/C15H30N2O/c1-10-7-6-8-12(11(10)2)17-14(18)9-13(16)15(3,4)5/h10-13H,6-9,16H2,1-5H3,(H,17,18). The van der Waals surface area contributed by atoms with Crippen molar-refractivity contribution in [3.63, 3.8) is 0 Å². The first-order valence-electron chi connectivity index (χ1n) is 7.26. The van der Waals surface area contributed by atoms with E-state index in [-0.39, 0.29) is 17.4 Å². The van der Waals surface area contributed by atoms with E-state index in [9.17, 15) is 4.79 Å². The molecule has 0 aromatic carbocycles. The summed E-state index contributed by atoms with van der Waals surface area (Å²) in [7, 11) is 0. The third-order valence-electron chi connectivity index (χ3n) is 4.57. The molecule has 1 fully saturated rings. The summed E-state index contributed by atoms with van der Waals surface area (Å²) < 4.78 is 0. The Hall–Kier alpha value is -0.570. The first kappa shape index (κ1) is 15.5. The Bertz CT molecular complexity index is 283. The number of nitrogens with two attached hydrogens (primary N) is 1. The number of rotatable bonds is 3. The van der Waals surface area contributed by atoms with Gasteiger partial charge in [-0.3, -0.25) is 4.79 Å². The molecule has 3 N–H and O–H groups in total. The zero-order valence-electron chi connectivity index (χ0n) is 12.6. The topological polar surface area (TPSA) is 55.1 Å². The lowest BCUT2D eigenvalue weighted by molar-refractivity contribution is -0.123. The SMILES string of the molecule is CC1CCCC(NC(=O)CC(N)C(C)(C)C)C1C. The molecule has 1 aliphatic rings. The molecule has 0 radical (unpaired) electrons. The summed E-state index contributed by atoms with van der Waals surface area (Å²) in [6, 6.07) is 0.266. The summed E-state index contributed by atoms with van der Waals surface area (Å²) >= 11 is 0. The van der Waals surface area contributed by atoms with E-state index in [1.54, 1.807) is 0 Å². The van der Waals surface area contributed by atoms with Crippen molar-refractivity contribution in [1.82, 2.24) is 5.32 Å². The van der Waals surface area contributed by atoms with E-state index in [2.05, 4.69) is 39.9 Å². The summed E-state index contributed by atoms with van der Waals surface area (Å²) in [5.74, 6) is 1.40. The Balaban J connectivity index is 2.45. The Kier molecular flexibility index (Phi) is 5.20. The highest BCUT2D eigenvalue weighted by atomic mass is 16.1. The largest absolute Gasteiger partial charge is 0.353 e. The van der Waals surface area contributed by atoms with Gasteiger partial charge in [-0.2, -0.15) is 0 Å². The molecule has 106 valence electrons. The van der Waals surface area contributed by atoms with Crippen molar-refractivity contribution in [2.75, 3.05) is 0 Å². The molecule has 18 heavy (non-hydrogen) atoms. The van der Waals surface area contributed by atoms with Gasteiger partial charge in [-0.25, -0.2) is 0 Å². The number of nitrogens with one attached hydrogen (secondary N) is 1. The second-order valence-corrected chi connectivity index (χ2v) is 7.12. The maximum absolute atomic E-state index is 12.0. The van der Waals surface area contributed by atoms with Crippen LogP contribution in [0.15, 0.2) is 0 Å². The van der Waals surface area contributed by atoms with Crippen molar-refractivity contribution >= 4 is 5.91 Å². The highest BCUT2D eigenvalue weighted by Crippen LogP contribution is 2.29. The van der Waals surface area contributed by atoms with Crippen molar-refractivity contribution in [2.24, 2.45) is 23.0 Å². The molecule has 3 nitrogen and oxygen atoms in total. The van der Waals surface area contributed by atoms with Gasteiger partial charge in [-0.15, -0.1) is 0 Å². The van der Waals surface area contributed by atoms with Crippen LogP contribution in [0.4, 0.5) is 0 Å². The molecular formula is C15H30N2O. The molecule has 1 amide bonds. The minimum absolute atomic E-state index is 0.0111. The van der Waals surface area contributed by atoms with Crippen LogP contribution in [0.25, 0.3) is 0 Å². The van der Waals surface area contributed by atoms with Crippen LogP contribution in [-0.4, -0.2) is 18.0 Å². The van der Waals surface area contributed by atoms with Crippen molar-refractivity contribution in [2.45, 2.75) is 72.4 Å². The molecule has 4 unspecified atom stereocenters. The van der Waals surface area contributed by atoms with Gasteiger partial charge in [0.2, 0.25) is 5.91 Å². The Morgan fingerprint density at radius 1 is 1.33 bits per heavy atom. The lowest BCUT2D eigenvalue weighted by atomic mass is 9.78. The van der Waals surface area contributed by atoms with E-state index in [1.807, 2.05) is 0 Å². The van der Waals surface area contributed by atoms with Gasteiger partial charge in [0.1, 0.15) is 0 Å². The second-order valence-electron chi connectivity index (χ2n) is 7.12. The van der Waals surface area contributed by atoms with Gasteiger partial charge in [0.15, 0.2) is 0 Å². The van der Waals surface area contributed by atoms with E-state index in [4.69, 9.17) is 5.73 Å². The van der Waals surface area contributed by atoms with Gasteiger partial charge in [-0.1, -0.05) is 47.5 Å². The normalized spacial score (nSPS) is 30.9. The molecule has 0 aromatic heterocycles. The molecule has 0 spiro atoms. The van der Waals surface area contributed by atoms with Crippen molar-refractivity contribution in [1.29, 1.82) is 0 Å². The zero-order valence-corrected chi connectivity index (χ0v) is 12.6. The fourth-order valence-corrected chi connectivity index (χ4v) is 2.56. The van der Waals surface area contributed by atoms with Crippen LogP contribution < -0.4 is 11.1 Å². The van der Waals surface area contributed by atoms with E-state index >= 15 is 0 Å².